The molecule has 0 fully saturated rings. The smallest absolute Gasteiger partial charge is 0.289 e. The van der Waals surface area contributed by atoms with Gasteiger partial charge in [0.05, 0.1) is 0 Å². The van der Waals surface area contributed by atoms with Crippen LogP contribution in [0, 0.1) is 6.92 Å². The van der Waals surface area contributed by atoms with E-state index < -0.39 is 11.7 Å². The predicted octanol–water partition coefficient (Wildman–Crippen LogP) is 1.68. The minimum Gasteiger partial charge on any atom is -0.441 e. The molecule has 0 bridgehead atoms. The molecule has 1 heterocycles. The first kappa shape index (κ1) is 12.3. The summed E-state index contributed by atoms with van der Waals surface area (Å²) in [5.41, 5.74) is 2.39. The van der Waals surface area contributed by atoms with Gasteiger partial charge in [-0.05, 0) is 17.7 Å². The lowest BCUT2D eigenvalue weighted by atomic mass is 10.2. The van der Waals surface area contributed by atoms with E-state index in [9.17, 15) is 9.59 Å². The third kappa shape index (κ3) is 2.40. The van der Waals surface area contributed by atoms with Gasteiger partial charge in [-0.25, -0.2) is 4.98 Å². The number of hydrogen-bond acceptors (Lipinski definition) is 4. The normalized spacial score (nSPS) is 10.6. The van der Waals surface area contributed by atoms with E-state index in [1.54, 1.807) is 14.0 Å². The van der Waals surface area contributed by atoms with Gasteiger partial charge in [-0.15, -0.1) is 0 Å². The number of nitrogens with zero attached hydrogens (tertiary/aromatic N) is 2. The molecule has 2 aromatic rings. The fourth-order valence-electron chi connectivity index (χ4n) is 1.80. The number of ketones is 1. The summed E-state index contributed by atoms with van der Waals surface area (Å²) in [6, 6.07) is 5.53. The number of hydrogen-bond donors (Lipinski definition) is 0. The van der Waals surface area contributed by atoms with Gasteiger partial charge in [-0.1, -0.05) is 6.07 Å². The number of rotatable bonds is 3. The van der Waals surface area contributed by atoms with Gasteiger partial charge in [-0.2, -0.15) is 0 Å². The standard InChI is InChI=1S/C13H14N2O3/c1-8(16)13(17)15(3)7-10-4-5-12-11(6-10)14-9(2)18-12/h4-6H,7H2,1-3H3. The second kappa shape index (κ2) is 4.60. The van der Waals surface area contributed by atoms with Crippen LogP contribution < -0.4 is 0 Å². The molecule has 0 aliphatic rings. The van der Waals surface area contributed by atoms with Crippen LogP contribution in [0.1, 0.15) is 18.4 Å². The Balaban J connectivity index is 2.21. The molecule has 0 spiro atoms. The lowest BCUT2D eigenvalue weighted by molar-refractivity contribution is -0.143. The van der Waals surface area contributed by atoms with Gasteiger partial charge in [0.15, 0.2) is 11.5 Å². The number of benzene rings is 1. The largest absolute Gasteiger partial charge is 0.441 e. The van der Waals surface area contributed by atoms with Crippen LogP contribution in [0.5, 0.6) is 0 Å². The van der Waals surface area contributed by atoms with Crippen LogP contribution >= 0.6 is 0 Å². The number of aryl methyl sites for hydroxylation is 1. The lowest BCUT2D eigenvalue weighted by Gasteiger charge is -2.15. The maximum absolute atomic E-state index is 11.5. The van der Waals surface area contributed by atoms with Crippen LogP contribution in [0.3, 0.4) is 0 Å². The van der Waals surface area contributed by atoms with E-state index >= 15 is 0 Å². The summed E-state index contributed by atoms with van der Waals surface area (Å²) in [5.74, 6) is -0.349. The van der Waals surface area contributed by atoms with E-state index in [1.165, 1.54) is 11.8 Å². The van der Waals surface area contributed by atoms with Crippen molar-refractivity contribution < 1.29 is 14.0 Å². The Hall–Kier alpha value is -2.17. The number of Topliss-reactive ketones (excluding diaryl/α,β-unsaturated/α-hetero) is 1. The fourth-order valence-corrected chi connectivity index (χ4v) is 1.80. The molecule has 0 saturated carbocycles. The van der Waals surface area contributed by atoms with Crippen LogP contribution in [0.25, 0.3) is 11.1 Å². The molecule has 0 saturated heterocycles. The molecule has 0 aliphatic heterocycles. The molecule has 1 aromatic heterocycles. The molecule has 18 heavy (non-hydrogen) atoms. The summed E-state index contributed by atoms with van der Waals surface area (Å²) < 4.78 is 5.37. The van der Waals surface area contributed by atoms with Gasteiger partial charge in [0.1, 0.15) is 5.52 Å². The van der Waals surface area contributed by atoms with Crippen LogP contribution in [0.2, 0.25) is 0 Å². The van der Waals surface area contributed by atoms with Crippen molar-refractivity contribution in [3.8, 4) is 0 Å². The Morgan fingerprint density at radius 1 is 1.39 bits per heavy atom. The Morgan fingerprint density at radius 3 is 2.78 bits per heavy atom. The highest BCUT2D eigenvalue weighted by Gasteiger charge is 2.14. The van der Waals surface area contributed by atoms with Crippen molar-refractivity contribution >= 4 is 22.8 Å². The first-order valence-corrected chi connectivity index (χ1v) is 5.59. The van der Waals surface area contributed by atoms with E-state index in [-0.39, 0.29) is 0 Å². The fraction of sp³-hybridized carbons (Fsp3) is 0.308. The van der Waals surface area contributed by atoms with Crippen molar-refractivity contribution in [2.75, 3.05) is 7.05 Å². The molecular weight excluding hydrogens is 232 g/mol. The van der Waals surface area contributed by atoms with E-state index in [2.05, 4.69) is 4.98 Å². The van der Waals surface area contributed by atoms with Gasteiger partial charge in [-0.3, -0.25) is 9.59 Å². The minimum absolute atomic E-state index is 0.375. The van der Waals surface area contributed by atoms with Crippen molar-refractivity contribution in [3.05, 3.63) is 29.7 Å². The molecule has 1 amide bonds. The van der Waals surface area contributed by atoms with Gasteiger partial charge in [0, 0.05) is 27.4 Å². The van der Waals surface area contributed by atoms with Gasteiger partial charge >= 0.3 is 0 Å². The summed E-state index contributed by atoms with van der Waals surface area (Å²) in [7, 11) is 1.60. The molecule has 0 atom stereocenters. The predicted molar refractivity (Wildman–Crippen MR) is 65.9 cm³/mol. The second-order valence-electron chi connectivity index (χ2n) is 4.25. The highest BCUT2D eigenvalue weighted by Crippen LogP contribution is 2.17. The van der Waals surface area contributed by atoms with Gasteiger partial charge in [0.2, 0.25) is 5.78 Å². The molecule has 5 nitrogen and oxygen atoms in total. The molecule has 5 heteroatoms. The minimum atomic E-state index is -0.494. The van der Waals surface area contributed by atoms with Crippen LogP contribution in [-0.4, -0.2) is 28.6 Å². The average molecular weight is 246 g/mol. The topological polar surface area (TPSA) is 63.4 Å². The van der Waals surface area contributed by atoms with Gasteiger partial charge in [0.25, 0.3) is 5.91 Å². The zero-order chi connectivity index (χ0) is 13.3. The molecule has 0 aliphatic carbocycles. The van der Waals surface area contributed by atoms with E-state index in [0.717, 1.165) is 16.7 Å². The summed E-state index contributed by atoms with van der Waals surface area (Å²) >= 11 is 0. The summed E-state index contributed by atoms with van der Waals surface area (Å²) in [6.45, 7) is 3.42. The van der Waals surface area contributed by atoms with E-state index in [0.29, 0.717) is 12.4 Å². The Kier molecular flexibility index (Phi) is 3.14. The SMILES string of the molecule is CC(=O)C(=O)N(C)Cc1ccc2oc(C)nc2c1. The number of fused-ring (bicyclic) bond motifs is 1. The number of aromatic nitrogens is 1. The maximum atomic E-state index is 11.5. The van der Waals surface area contributed by atoms with Crippen molar-refractivity contribution in [3.63, 3.8) is 0 Å². The van der Waals surface area contributed by atoms with E-state index in [4.69, 9.17) is 4.42 Å². The van der Waals surface area contributed by atoms with Crippen molar-refractivity contribution in [2.24, 2.45) is 0 Å². The molecule has 0 unspecified atom stereocenters. The second-order valence-corrected chi connectivity index (χ2v) is 4.25. The van der Waals surface area contributed by atoms with Crippen molar-refractivity contribution in [1.82, 2.24) is 9.88 Å². The Bertz CT molecular complexity index is 616. The lowest BCUT2D eigenvalue weighted by Crippen LogP contribution is -2.31. The summed E-state index contributed by atoms with van der Waals surface area (Å²) in [4.78, 5) is 28.0. The number of likely N-dealkylation sites (N-methyl/N-ethyl adjacent to an activating group) is 1. The highest BCUT2D eigenvalue weighted by atomic mass is 16.3. The monoisotopic (exact) mass is 246 g/mol. The Morgan fingerprint density at radius 2 is 2.11 bits per heavy atom. The third-order valence-electron chi connectivity index (χ3n) is 2.63. The summed E-state index contributed by atoms with van der Waals surface area (Å²) in [5, 5.41) is 0. The van der Waals surface area contributed by atoms with Crippen LogP contribution in [-0.2, 0) is 16.1 Å². The molecular formula is C13H14N2O3. The van der Waals surface area contributed by atoms with Crippen molar-refractivity contribution in [1.29, 1.82) is 0 Å². The quantitative estimate of drug-likeness (QED) is 0.773. The molecule has 0 radical (unpaired) electrons. The van der Waals surface area contributed by atoms with E-state index in [1.807, 2.05) is 18.2 Å². The molecule has 2 rings (SSSR count). The number of oxazole rings is 1. The zero-order valence-corrected chi connectivity index (χ0v) is 10.6. The third-order valence-corrected chi connectivity index (χ3v) is 2.63. The molecule has 1 aromatic carbocycles. The van der Waals surface area contributed by atoms with Crippen LogP contribution in [0.4, 0.5) is 0 Å². The average Bonchev–Trinajstić information content (AvgIpc) is 2.67. The van der Waals surface area contributed by atoms with Crippen molar-refractivity contribution in [2.45, 2.75) is 20.4 Å². The number of carbonyl (C=O) groups excluding carboxylic acids is 2. The maximum Gasteiger partial charge on any atom is 0.289 e. The number of carbonyl (C=O) groups is 2. The first-order chi connectivity index (χ1) is 8.47. The van der Waals surface area contributed by atoms with Gasteiger partial charge < -0.3 is 9.32 Å². The highest BCUT2D eigenvalue weighted by molar-refractivity contribution is 6.34. The zero-order valence-electron chi connectivity index (χ0n) is 10.6. The Labute approximate surface area is 104 Å². The molecule has 0 N–H and O–H groups in total. The number of amides is 1. The first-order valence-electron chi connectivity index (χ1n) is 5.59. The molecule has 94 valence electrons. The van der Waals surface area contributed by atoms with Crippen LogP contribution in [0.15, 0.2) is 22.6 Å². The summed E-state index contributed by atoms with van der Waals surface area (Å²) in [6.07, 6.45) is 0.